The first-order valence-corrected chi connectivity index (χ1v) is 7.67. The number of hydrogen-bond donors (Lipinski definition) is 2. The van der Waals surface area contributed by atoms with Crippen molar-refractivity contribution in [1.29, 1.82) is 5.41 Å². The van der Waals surface area contributed by atoms with Gasteiger partial charge in [-0.05, 0) is 38.5 Å². The minimum absolute atomic E-state index is 0.183. The molecule has 1 rings (SSSR count). The molecule has 0 spiro atoms. The maximum absolute atomic E-state index is 14.1. The summed E-state index contributed by atoms with van der Waals surface area (Å²) in [5, 5.41) is 7.35. The predicted octanol–water partition coefficient (Wildman–Crippen LogP) is 2.68. The second-order valence-corrected chi connectivity index (χ2v) is 5.72. The molecule has 3 nitrogen and oxygen atoms in total. The average Bonchev–Trinajstić information content (AvgIpc) is 2.37. The Morgan fingerprint density at radius 3 is 2.79 bits per heavy atom. The zero-order valence-corrected chi connectivity index (χ0v) is 12.6. The number of rotatable bonds is 7. The number of hydrogen-bond acceptors (Lipinski definition) is 3. The molecule has 5 heteroatoms. The van der Waals surface area contributed by atoms with Crippen LogP contribution in [0.5, 0.6) is 0 Å². The first kappa shape index (κ1) is 16.0. The van der Waals surface area contributed by atoms with E-state index in [2.05, 4.69) is 18.1 Å². The van der Waals surface area contributed by atoms with Gasteiger partial charge in [-0.3, -0.25) is 10.3 Å². The first-order chi connectivity index (χ1) is 8.97. The van der Waals surface area contributed by atoms with Crippen LogP contribution in [-0.4, -0.2) is 35.8 Å². The van der Waals surface area contributed by atoms with E-state index >= 15 is 0 Å². The number of nitrogens with one attached hydrogen (secondary N) is 1. The minimum atomic E-state index is -0.376. The van der Waals surface area contributed by atoms with Crippen LogP contribution in [0.4, 0.5) is 4.39 Å². The Morgan fingerprint density at radius 1 is 1.53 bits per heavy atom. The average molecular weight is 283 g/mol. The van der Waals surface area contributed by atoms with E-state index in [1.54, 1.807) is 12.1 Å². The molecule has 0 saturated heterocycles. The van der Waals surface area contributed by atoms with Gasteiger partial charge in [0.15, 0.2) is 0 Å². The third-order valence-electron chi connectivity index (χ3n) is 3.28. The Balaban J connectivity index is 2.76. The number of benzene rings is 1. The van der Waals surface area contributed by atoms with Crippen molar-refractivity contribution in [2.24, 2.45) is 5.73 Å². The van der Waals surface area contributed by atoms with Gasteiger partial charge in [0, 0.05) is 18.2 Å². The molecule has 0 aromatic heterocycles. The number of nitrogens with zero attached hydrogens (tertiary/aromatic N) is 1. The van der Waals surface area contributed by atoms with Crippen LogP contribution in [0.3, 0.4) is 0 Å². The van der Waals surface area contributed by atoms with E-state index in [1.165, 1.54) is 6.07 Å². The second kappa shape index (κ2) is 7.50. The molecule has 0 aliphatic heterocycles. The Kier molecular flexibility index (Phi) is 6.31. The molecular weight excluding hydrogens is 261 g/mol. The highest BCUT2D eigenvalue weighted by atomic mass is 32.2. The standard InChI is InChI=1S/C14H22FN3S/c1-10(7-8-19-3)18(2)9-11-5-4-6-12(13(11)15)14(16)17/h4-6,10H,7-9H2,1-3H3,(H3,16,17). The van der Waals surface area contributed by atoms with Crippen molar-refractivity contribution in [3.05, 3.63) is 35.1 Å². The van der Waals surface area contributed by atoms with Gasteiger partial charge in [-0.2, -0.15) is 11.8 Å². The van der Waals surface area contributed by atoms with Crippen LogP contribution in [0.15, 0.2) is 18.2 Å². The van der Waals surface area contributed by atoms with Gasteiger partial charge in [0.05, 0.1) is 5.56 Å². The third-order valence-corrected chi connectivity index (χ3v) is 3.92. The minimum Gasteiger partial charge on any atom is -0.384 e. The van der Waals surface area contributed by atoms with Crippen molar-refractivity contribution < 1.29 is 4.39 Å². The summed E-state index contributed by atoms with van der Waals surface area (Å²) in [4.78, 5) is 2.12. The predicted molar refractivity (Wildman–Crippen MR) is 81.3 cm³/mol. The molecule has 1 unspecified atom stereocenters. The van der Waals surface area contributed by atoms with E-state index in [9.17, 15) is 4.39 Å². The van der Waals surface area contributed by atoms with Crippen molar-refractivity contribution >= 4 is 17.6 Å². The highest BCUT2D eigenvalue weighted by molar-refractivity contribution is 7.98. The lowest BCUT2D eigenvalue weighted by molar-refractivity contribution is 0.242. The molecule has 1 aromatic carbocycles. The van der Waals surface area contributed by atoms with Gasteiger partial charge >= 0.3 is 0 Å². The quantitative estimate of drug-likeness (QED) is 0.597. The molecule has 0 heterocycles. The molecule has 0 radical (unpaired) electrons. The van der Waals surface area contributed by atoms with Crippen LogP contribution in [0.1, 0.15) is 24.5 Å². The fourth-order valence-electron chi connectivity index (χ4n) is 1.84. The normalized spacial score (nSPS) is 12.7. The Hall–Kier alpha value is -1.07. The van der Waals surface area contributed by atoms with Gasteiger partial charge in [0.25, 0.3) is 0 Å². The van der Waals surface area contributed by atoms with Gasteiger partial charge in [0.1, 0.15) is 11.7 Å². The van der Waals surface area contributed by atoms with Crippen molar-refractivity contribution in [2.75, 3.05) is 19.1 Å². The monoisotopic (exact) mass is 283 g/mol. The highest BCUT2D eigenvalue weighted by Crippen LogP contribution is 2.16. The lowest BCUT2D eigenvalue weighted by Crippen LogP contribution is -2.29. The van der Waals surface area contributed by atoms with Gasteiger partial charge < -0.3 is 5.73 Å². The molecule has 0 saturated carbocycles. The number of halogens is 1. The Labute approximate surface area is 118 Å². The Bertz CT molecular complexity index is 437. The van der Waals surface area contributed by atoms with Gasteiger partial charge in [-0.15, -0.1) is 0 Å². The van der Waals surface area contributed by atoms with E-state index in [0.717, 1.165) is 12.2 Å². The van der Waals surface area contributed by atoms with Crippen LogP contribution < -0.4 is 5.73 Å². The molecule has 0 aliphatic carbocycles. The van der Waals surface area contributed by atoms with Gasteiger partial charge in [-0.1, -0.05) is 12.1 Å². The summed E-state index contributed by atoms with van der Waals surface area (Å²) < 4.78 is 14.1. The second-order valence-electron chi connectivity index (χ2n) is 4.74. The number of thioether (sulfide) groups is 1. The summed E-state index contributed by atoms with van der Waals surface area (Å²) >= 11 is 1.82. The van der Waals surface area contributed by atoms with Gasteiger partial charge in [0.2, 0.25) is 0 Å². The molecule has 0 aliphatic rings. The molecule has 106 valence electrons. The molecule has 1 aromatic rings. The number of nitrogens with two attached hydrogens (primary N) is 1. The van der Waals surface area contributed by atoms with E-state index in [4.69, 9.17) is 11.1 Å². The SMILES string of the molecule is CSCCC(C)N(C)Cc1cccc(C(=N)N)c1F. The van der Waals surface area contributed by atoms with E-state index in [-0.39, 0.29) is 17.2 Å². The fourth-order valence-corrected chi connectivity index (χ4v) is 2.42. The summed E-state index contributed by atoms with van der Waals surface area (Å²) in [6.07, 6.45) is 3.16. The molecule has 0 bridgehead atoms. The highest BCUT2D eigenvalue weighted by Gasteiger charge is 2.14. The van der Waals surface area contributed by atoms with E-state index < -0.39 is 0 Å². The maximum atomic E-state index is 14.1. The lowest BCUT2D eigenvalue weighted by atomic mass is 10.1. The van der Waals surface area contributed by atoms with Crippen LogP contribution in [0.25, 0.3) is 0 Å². The molecule has 0 fully saturated rings. The fraction of sp³-hybridized carbons (Fsp3) is 0.500. The van der Waals surface area contributed by atoms with Crippen LogP contribution in [-0.2, 0) is 6.54 Å². The number of amidine groups is 1. The van der Waals surface area contributed by atoms with Crippen LogP contribution in [0, 0.1) is 11.2 Å². The topological polar surface area (TPSA) is 53.1 Å². The first-order valence-electron chi connectivity index (χ1n) is 6.28. The van der Waals surface area contributed by atoms with Gasteiger partial charge in [-0.25, -0.2) is 4.39 Å². The van der Waals surface area contributed by atoms with E-state index in [1.807, 2.05) is 18.8 Å². The van der Waals surface area contributed by atoms with Crippen molar-refractivity contribution in [1.82, 2.24) is 4.90 Å². The Morgan fingerprint density at radius 2 is 2.21 bits per heavy atom. The van der Waals surface area contributed by atoms with Crippen LogP contribution >= 0.6 is 11.8 Å². The maximum Gasteiger partial charge on any atom is 0.138 e. The summed E-state index contributed by atoms with van der Waals surface area (Å²) in [5.74, 6) is 0.498. The van der Waals surface area contributed by atoms with Crippen molar-refractivity contribution in [3.63, 3.8) is 0 Å². The third kappa shape index (κ3) is 4.51. The summed E-state index contributed by atoms with van der Waals surface area (Å²) in [6, 6.07) is 5.43. The molecule has 0 amide bonds. The summed E-state index contributed by atoms with van der Waals surface area (Å²) in [7, 11) is 1.99. The molecule has 3 N–H and O–H groups in total. The largest absolute Gasteiger partial charge is 0.384 e. The molecule has 1 atom stereocenters. The zero-order chi connectivity index (χ0) is 14.4. The van der Waals surface area contributed by atoms with E-state index in [0.29, 0.717) is 18.2 Å². The van der Waals surface area contributed by atoms with Crippen molar-refractivity contribution in [2.45, 2.75) is 25.9 Å². The van der Waals surface area contributed by atoms with Crippen LogP contribution in [0.2, 0.25) is 0 Å². The molecular formula is C14H22FN3S. The lowest BCUT2D eigenvalue weighted by Gasteiger charge is -2.25. The van der Waals surface area contributed by atoms with Crippen molar-refractivity contribution in [3.8, 4) is 0 Å². The summed E-state index contributed by atoms with van der Waals surface area (Å²) in [6.45, 7) is 2.67. The number of nitrogen functional groups attached to an aromatic ring is 1. The molecule has 19 heavy (non-hydrogen) atoms. The summed E-state index contributed by atoms with van der Waals surface area (Å²) in [5.41, 5.74) is 6.14. The smallest absolute Gasteiger partial charge is 0.138 e. The zero-order valence-electron chi connectivity index (χ0n) is 11.7.